The van der Waals surface area contributed by atoms with Crippen molar-refractivity contribution in [2.24, 2.45) is 0 Å². The quantitative estimate of drug-likeness (QED) is 0.514. The van der Waals surface area contributed by atoms with E-state index < -0.39 is 11.6 Å². The second kappa shape index (κ2) is 4.68. The van der Waals surface area contributed by atoms with Gasteiger partial charge in [0.25, 0.3) is 0 Å². The van der Waals surface area contributed by atoms with E-state index in [0.29, 0.717) is 6.61 Å². The fourth-order valence-electron chi connectivity index (χ4n) is 2.48. The van der Waals surface area contributed by atoms with Gasteiger partial charge in [0.05, 0.1) is 6.61 Å². The lowest BCUT2D eigenvalue weighted by Gasteiger charge is -2.32. The van der Waals surface area contributed by atoms with E-state index in [-0.39, 0.29) is 12.2 Å². The van der Waals surface area contributed by atoms with Gasteiger partial charge in [0.1, 0.15) is 25.7 Å². The highest BCUT2D eigenvalue weighted by Crippen LogP contribution is 2.43. The van der Waals surface area contributed by atoms with Crippen LogP contribution in [0.2, 0.25) is 0 Å². The van der Waals surface area contributed by atoms with E-state index in [4.69, 9.17) is 26.6 Å². The van der Waals surface area contributed by atoms with Crippen molar-refractivity contribution in [3.8, 4) is 0 Å². The molecule has 0 aliphatic carbocycles. The molecule has 2 rings (SSSR count). The highest BCUT2D eigenvalue weighted by atomic mass is 31.0. The van der Waals surface area contributed by atoms with Crippen LogP contribution in [0, 0.1) is 0 Å². The molecule has 2 aliphatic heterocycles. The zero-order valence-electron chi connectivity index (χ0n) is 8.85. The van der Waals surface area contributed by atoms with E-state index in [1.807, 2.05) is 0 Å². The van der Waals surface area contributed by atoms with Crippen LogP contribution < -0.4 is 0 Å². The van der Waals surface area contributed by atoms with E-state index in [1.54, 1.807) is 7.11 Å². The molecule has 2 heterocycles. The zero-order valence-corrected chi connectivity index (χ0v) is 10.0. The average Bonchev–Trinajstić information content (AvgIpc) is 2.77. The summed E-state index contributed by atoms with van der Waals surface area (Å²) in [4.78, 5) is 0. The summed E-state index contributed by atoms with van der Waals surface area (Å²) in [7, 11) is 9.87. The van der Waals surface area contributed by atoms with Gasteiger partial charge < -0.3 is 18.7 Å². The maximum absolute atomic E-state index is 5.97. The summed E-state index contributed by atoms with van der Waals surface area (Å²) in [6.45, 7) is 1.19. The molecule has 2 fully saturated rings. The van der Waals surface area contributed by atoms with Gasteiger partial charge in [-0.3, -0.25) is 0 Å². The fraction of sp³-hybridized carbons (Fsp3) is 1.00. The van der Waals surface area contributed by atoms with Crippen LogP contribution in [0.3, 0.4) is 0 Å². The molecule has 1 spiro atoms. The molecule has 3 unspecified atom stereocenters. The van der Waals surface area contributed by atoms with Crippen LogP contribution in [0.4, 0.5) is 0 Å². The largest absolute Gasteiger partial charge is 0.382 e. The van der Waals surface area contributed by atoms with E-state index in [2.05, 4.69) is 9.47 Å². The van der Waals surface area contributed by atoms with Crippen molar-refractivity contribution in [3.05, 3.63) is 0 Å². The number of ether oxygens (including phenoxy) is 3. The molecular weight excluding hydrogens is 214 g/mol. The number of rotatable bonds is 3. The van der Waals surface area contributed by atoms with Gasteiger partial charge in [0, 0.05) is 29.2 Å². The molecule has 4 nitrogen and oxygen atoms in total. The minimum Gasteiger partial charge on any atom is -0.382 e. The first-order valence-electron chi connectivity index (χ1n) is 5.14. The second-order valence-corrected chi connectivity index (χ2v) is 4.29. The Hall–Kier alpha value is 0.335. The van der Waals surface area contributed by atoms with Crippen molar-refractivity contribution in [2.75, 3.05) is 20.3 Å². The maximum Gasteiger partial charge on any atom is 0.120 e. The van der Waals surface area contributed by atoms with Gasteiger partial charge in [-0.05, 0) is 12.8 Å². The van der Waals surface area contributed by atoms with Gasteiger partial charge in [-0.1, -0.05) is 0 Å². The third kappa shape index (κ3) is 1.85. The summed E-state index contributed by atoms with van der Waals surface area (Å²) in [5.41, 5.74) is -0.481. The Labute approximate surface area is 93.7 Å². The highest BCUT2D eigenvalue weighted by molar-refractivity contribution is 7.09. The monoisotopic (exact) mass is 230 g/mol. The second-order valence-electron chi connectivity index (χ2n) is 4.01. The van der Waals surface area contributed by atoms with Gasteiger partial charge in [0.2, 0.25) is 0 Å². The molecule has 0 aromatic rings. The maximum atomic E-state index is 5.97. The minimum absolute atomic E-state index is 0.152. The first-order chi connectivity index (χ1) is 7.24. The summed E-state index contributed by atoms with van der Waals surface area (Å²) in [6.07, 6.45) is 1.56. The van der Waals surface area contributed by atoms with Crippen molar-refractivity contribution in [1.29, 1.82) is 0 Å². The highest BCUT2D eigenvalue weighted by Gasteiger charge is 2.57. The Morgan fingerprint density at radius 3 is 2.93 bits per heavy atom. The summed E-state index contributed by atoms with van der Waals surface area (Å²) in [6, 6.07) is -0.425. The lowest BCUT2D eigenvalue weighted by atomic mass is 9.78. The van der Waals surface area contributed by atoms with E-state index >= 15 is 0 Å². The van der Waals surface area contributed by atoms with Crippen LogP contribution in [0.1, 0.15) is 12.8 Å². The Balaban J connectivity index is 2.15. The standard InChI is InChI=1S/C9H16BO4P/c1-11-5-6-7(14-15)9(8(10)13-6)3-2-4-12-9/h6-8H,2-5,15H2,1H3/t6?,7-,8?,9-/m1/s1. The third-order valence-electron chi connectivity index (χ3n) is 3.18. The number of methoxy groups -OCH3 is 1. The molecule has 84 valence electrons. The van der Waals surface area contributed by atoms with Gasteiger partial charge >= 0.3 is 0 Å². The van der Waals surface area contributed by atoms with Gasteiger partial charge in [-0.2, -0.15) is 0 Å². The van der Waals surface area contributed by atoms with Crippen LogP contribution in [0.25, 0.3) is 0 Å². The third-order valence-corrected chi connectivity index (χ3v) is 3.48. The summed E-state index contributed by atoms with van der Waals surface area (Å²) in [5.74, 6) is 0. The predicted molar refractivity (Wildman–Crippen MR) is 58.8 cm³/mol. The molecule has 15 heavy (non-hydrogen) atoms. The molecule has 0 amide bonds. The van der Waals surface area contributed by atoms with Gasteiger partial charge in [-0.25, -0.2) is 0 Å². The Morgan fingerprint density at radius 2 is 2.40 bits per heavy atom. The van der Waals surface area contributed by atoms with Crippen molar-refractivity contribution >= 4 is 17.3 Å². The normalized spacial score (nSPS) is 45.3. The Morgan fingerprint density at radius 1 is 1.60 bits per heavy atom. The molecule has 0 N–H and O–H groups in total. The summed E-state index contributed by atoms with van der Waals surface area (Å²) in [5, 5.41) is 0. The SMILES string of the molecule is [B]C1OC(COC)[C@@H](OP)[C@]12CCCO2. The smallest absolute Gasteiger partial charge is 0.120 e. The first-order valence-corrected chi connectivity index (χ1v) is 5.61. The van der Waals surface area contributed by atoms with Crippen molar-refractivity contribution in [1.82, 2.24) is 0 Å². The number of hydrogen-bond acceptors (Lipinski definition) is 4. The van der Waals surface area contributed by atoms with E-state index in [0.717, 1.165) is 19.4 Å². The van der Waals surface area contributed by atoms with Crippen molar-refractivity contribution in [3.63, 3.8) is 0 Å². The molecule has 0 aromatic carbocycles. The number of hydrogen-bond donors (Lipinski definition) is 0. The fourth-order valence-corrected chi connectivity index (χ4v) is 2.88. The molecule has 2 aliphatic rings. The first kappa shape index (κ1) is 11.8. The molecule has 5 atom stereocenters. The summed E-state index contributed by atoms with van der Waals surface area (Å²) < 4.78 is 21.9. The molecule has 0 bridgehead atoms. The lowest BCUT2D eigenvalue weighted by molar-refractivity contribution is -0.0615. The molecule has 2 radical (unpaired) electrons. The van der Waals surface area contributed by atoms with Crippen LogP contribution in [0.5, 0.6) is 0 Å². The van der Waals surface area contributed by atoms with Crippen LogP contribution in [-0.2, 0) is 18.7 Å². The van der Waals surface area contributed by atoms with Crippen LogP contribution in [-0.4, -0.2) is 52.0 Å². The molecule has 0 aromatic heterocycles. The zero-order chi connectivity index (χ0) is 10.9. The van der Waals surface area contributed by atoms with E-state index in [9.17, 15) is 0 Å². The Bertz CT molecular complexity index is 222. The van der Waals surface area contributed by atoms with Gasteiger partial charge in [-0.15, -0.1) is 0 Å². The molecule has 6 heteroatoms. The van der Waals surface area contributed by atoms with Gasteiger partial charge in [0.15, 0.2) is 0 Å². The molecule has 0 saturated carbocycles. The molecular formula is C9H16BO4P. The lowest BCUT2D eigenvalue weighted by Crippen LogP contribution is -2.48. The predicted octanol–water partition coefficient (Wildman–Crippen LogP) is 0.251. The summed E-state index contributed by atoms with van der Waals surface area (Å²) >= 11 is 0. The van der Waals surface area contributed by atoms with Crippen molar-refractivity contribution in [2.45, 2.75) is 36.7 Å². The minimum atomic E-state index is -0.481. The average molecular weight is 230 g/mol. The van der Waals surface area contributed by atoms with E-state index in [1.165, 1.54) is 0 Å². The Kier molecular flexibility index (Phi) is 3.69. The van der Waals surface area contributed by atoms with Crippen LogP contribution in [0.15, 0.2) is 0 Å². The van der Waals surface area contributed by atoms with Crippen LogP contribution >= 0.6 is 9.47 Å². The topological polar surface area (TPSA) is 36.9 Å². The molecule has 2 saturated heterocycles. The van der Waals surface area contributed by atoms with Crippen molar-refractivity contribution < 1.29 is 18.7 Å².